The van der Waals surface area contributed by atoms with Crippen LogP contribution in [0.15, 0.2) is 82.6 Å². The van der Waals surface area contributed by atoms with Gasteiger partial charge in [0.2, 0.25) is 0 Å². The van der Waals surface area contributed by atoms with Crippen molar-refractivity contribution in [2.75, 3.05) is 0 Å². The number of hydrogen-bond donors (Lipinski definition) is 0. The van der Waals surface area contributed by atoms with Crippen LogP contribution in [0, 0.1) is 86.8 Å². The van der Waals surface area contributed by atoms with Gasteiger partial charge in [-0.05, 0) is 163 Å². The molecule has 13 aliphatic rings. The van der Waals surface area contributed by atoms with E-state index in [1.807, 2.05) is 0 Å². The zero-order valence-corrected chi connectivity index (χ0v) is 43.3. The van der Waals surface area contributed by atoms with Crippen LogP contribution in [-0.2, 0) is 0 Å². The summed E-state index contributed by atoms with van der Waals surface area (Å²) >= 11 is 2.10. The highest BCUT2D eigenvalue weighted by molar-refractivity contribution is 7.99. The van der Waals surface area contributed by atoms with Gasteiger partial charge in [0.1, 0.15) is 0 Å². The van der Waals surface area contributed by atoms with Crippen molar-refractivity contribution in [2.45, 2.75) is 167 Å². The first-order chi connectivity index (χ1) is 31.4. The minimum atomic E-state index is 0.507. The Morgan fingerprint density at radius 1 is 0.424 bits per heavy atom. The van der Waals surface area contributed by atoms with E-state index < -0.39 is 0 Å². The summed E-state index contributed by atoms with van der Waals surface area (Å²) < 4.78 is 0. The van der Waals surface area contributed by atoms with E-state index >= 15 is 0 Å². The molecule has 0 spiro atoms. The van der Waals surface area contributed by atoms with E-state index in [4.69, 9.17) is 0 Å². The maximum Gasteiger partial charge on any atom is 0.183 e. The highest BCUT2D eigenvalue weighted by Gasteiger charge is 2.64. The molecule has 12 fully saturated rings. The van der Waals surface area contributed by atoms with E-state index in [0.717, 1.165) is 88.4 Å². The van der Waals surface area contributed by atoms with Gasteiger partial charge in [-0.25, -0.2) is 0 Å². The molecule has 18 rings (SSSR count). The SMILES string of the molecule is CC1C(B(c2cc3c4cccc5c4c(cc3c3ccccc23)-c2ccc(B(C3CC4CC(C3C)C4(C)C)C3CC4CC(C3C)C4(C)C)cc2S5)C2CC3CC(C2)C3(C)C)CC2CC1C2(C)C. The lowest BCUT2D eigenvalue weighted by molar-refractivity contribution is -0.107. The summed E-state index contributed by atoms with van der Waals surface area (Å²) in [6.07, 6.45) is 13.0. The first-order valence-electron chi connectivity index (χ1n) is 27.7. The molecule has 5 aromatic rings. The number of hydrogen-bond acceptors (Lipinski definition) is 1. The van der Waals surface area contributed by atoms with Crippen molar-refractivity contribution in [3.05, 3.63) is 72.8 Å². The molecule has 0 N–H and O–H groups in total. The first-order valence-corrected chi connectivity index (χ1v) is 28.5. The quantitative estimate of drug-likeness (QED) is 0.119. The predicted molar refractivity (Wildman–Crippen MR) is 286 cm³/mol. The highest BCUT2D eigenvalue weighted by atomic mass is 32.2. The second-order valence-corrected chi connectivity index (χ2v) is 29.2. The Bertz CT molecular complexity index is 2810. The Balaban J connectivity index is 0.904. The lowest BCUT2D eigenvalue weighted by atomic mass is 9.19. The van der Waals surface area contributed by atoms with Crippen LogP contribution in [0.1, 0.15) is 134 Å². The topological polar surface area (TPSA) is 0 Å². The van der Waals surface area contributed by atoms with E-state index in [0.29, 0.717) is 35.1 Å². The molecule has 0 aromatic heterocycles. The summed E-state index contributed by atoms with van der Waals surface area (Å²) in [5, 5.41) is 9.00. The fraction of sp³-hybridized carbons (Fsp3) is 0.619. The fourth-order valence-corrected chi connectivity index (χ4v) is 21.7. The van der Waals surface area contributed by atoms with Crippen LogP contribution in [-0.4, -0.2) is 13.4 Å². The first kappa shape index (κ1) is 42.3. The van der Waals surface area contributed by atoms with Gasteiger partial charge < -0.3 is 0 Å². The van der Waals surface area contributed by atoms with Crippen LogP contribution >= 0.6 is 11.8 Å². The van der Waals surface area contributed by atoms with Crippen molar-refractivity contribution >= 4 is 68.4 Å². The molecule has 0 amide bonds. The lowest BCUT2D eigenvalue weighted by Gasteiger charge is -2.66. The van der Waals surface area contributed by atoms with Crippen molar-refractivity contribution < 1.29 is 0 Å². The molecule has 342 valence electrons. The molecule has 66 heavy (non-hydrogen) atoms. The third kappa shape index (κ3) is 5.41. The summed E-state index contributed by atoms with van der Waals surface area (Å²) in [7, 11) is 0. The molecule has 8 bridgehead atoms. The molecule has 12 aliphatic carbocycles. The highest BCUT2D eigenvalue weighted by Crippen LogP contribution is 2.71. The Hall–Kier alpha value is -2.64. The van der Waals surface area contributed by atoms with E-state index in [9.17, 15) is 0 Å². The normalized spacial score (nSPS) is 39.8. The lowest BCUT2D eigenvalue weighted by Crippen LogP contribution is -2.61. The van der Waals surface area contributed by atoms with Crippen LogP contribution in [0.2, 0.25) is 23.3 Å². The van der Waals surface area contributed by atoms with E-state index in [2.05, 4.69) is 161 Å². The van der Waals surface area contributed by atoms with Crippen molar-refractivity contribution in [2.24, 2.45) is 86.8 Å². The molecule has 1 aliphatic heterocycles. The number of benzene rings is 5. The van der Waals surface area contributed by atoms with Gasteiger partial charge in [-0.2, -0.15) is 0 Å². The standard InChI is InChI=1S/C63H78B2S/c1-33-50-24-38(61(50,6)7)27-53(33)64(54-28-39-25-51(34(54)2)62(39,8)9)41-19-20-45-49-31-47-43-15-12-13-16-44(43)56(32-48(47)46-17-14-18-57(59(46)49)66-58(45)30-41)65(42-22-36-21-37(23-42)60(36,4)5)55-29-40-26-52(35(55)3)63(40,10)11/h12-20,30-40,42,50-55H,21-29H2,1-11H3. The summed E-state index contributed by atoms with van der Waals surface area (Å²) in [5.41, 5.74) is 8.39. The average molecular weight is 889 g/mol. The number of fused-ring (bicyclic) bond motifs is 14. The van der Waals surface area contributed by atoms with Crippen molar-refractivity contribution in [1.82, 2.24) is 0 Å². The molecular formula is C63H78B2S. The monoisotopic (exact) mass is 889 g/mol. The van der Waals surface area contributed by atoms with Crippen LogP contribution in [0.25, 0.3) is 43.4 Å². The van der Waals surface area contributed by atoms with Crippen molar-refractivity contribution in [3.8, 4) is 11.1 Å². The smallest absolute Gasteiger partial charge is 0.0888 e. The van der Waals surface area contributed by atoms with E-state index in [1.54, 1.807) is 16.3 Å². The van der Waals surface area contributed by atoms with Crippen molar-refractivity contribution in [1.29, 1.82) is 0 Å². The molecule has 0 saturated heterocycles. The molecule has 3 heteroatoms. The van der Waals surface area contributed by atoms with Gasteiger partial charge in [0.15, 0.2) is 13.4 Å². The Morgan fingerprint density at radius 2 is 0.939 bits per heavy atom. The molecule has 14 unspecified atom stereocenters. The molecule has 5 aromatic carbocycles. The number of rotatable bonds is 6. The summed E-state index contributed by atoms with van der Waals surface area (Å²) in [4.78, 5) is 2.98. The minimum absolute atomic E-state index is 0.507. The Labute approximate surface area is 403 Å². The third-order valence-corrected chi connectivity index (χ3v) is 26.3. The van der Waals surface area contributed by atoms with E-state index in [-0.39, 0.29) is 0 Å². The van der Waals surface area contributed by atoms with Crippen LogP contribution in [0.3, 0.4) is 0 Å². The fourth-order valence-electron chi connectivity index (χ4n) is 20.5. The van der Waals surface area contributed by atoms with Crippen molar-refractivity contribution in [3.63, 3.8) is 0 Å². The Kier molecular flexibility index (Phi) is 8.85. The van der Waals surface area contributed by atoms with Gasteiger partial charge in [-0.15, -0.1) is 0 Å². The van der Waals surface area contributed by atoms with Gasteiger partial charge in [-0.1, -0.05) is 215 Å². The van der Waals surface area contributed by atoms with Gasteiger partial charge >= 0.3 is 0 Å². The second kappa shape index (κ2) is 13.8. The molecule has 0 radical (unpaired) electrons. The van der Waals surface area contributed by atoms with E-state index in [1.165, 1.54) is 106 Å². The maximum atomic E-state index is 2.80. The third-order valence-electron chi connectivity index (χ3n) is 25.2. The largest absolute Gasteiger partial charge is 0.183 e. The molecule has 1 heterocycles. The second-order valence-electron chi connectivity index (χ2n) is 28.2. The van der Waals surface area contributed by atoms with Crippen LogP contribution < -0.4 is 10.9 Å². The molecule has 0 nitrogen and oxygen atoms in total. The van der Waals surface area contributed by atoms with Gasteiger partial charge in [0, 0.05) is 15.2 Å². The zero-order valence-electron chi connectivity index (χ0n) is 42.5. The zero-order chi connectivity index (χ0) is 45.3. The minimum Gasteiger partial charge on any atom is -0.0888 e. The molecule has 12 saturated carbocycles. The van der Waals surface area contributed by atoms with Crippen LogP contribution in [0.5, 0.6) is 0 Å². The molecule has 14 atom stereocenters. The maximum absolute atomic E-state index is 2.80. The summed E-state index contributed by atoms with van der Waals surface area (Å²) in [5.74, 6) is 12.6. The Morgan fingerprint density at radius 3 is 1.48 bits per heavy atom. The predicted octanol–water partition coefficient (Wildman–Crippen LogP) is 16.7. The van der Waals surface area contributed by atoms with Gasteiger partial charge in [0.25, 0.3) is 0 Å². The van der Waals surface area contributed by atoms with Crippen LogP contribution in [0.4, 0.5) is 0 Å². The molecular weight excluding hydrogens is 810 g/mol. The van der Waals surface area contributed by atoms with Gasteiger partial charge in [0.05, 0.1) is 0 Å². The summed E-state index contributed by atoms with van der Waals surface area (Å²) in [6.45, 7) is 30.2. The van der Waals surface area contributed by atoms with Gasteiger partial charge in [-0.3, -0.25) is 0 Å². The summed E-state index contributed by atoms with van der Waals surface area (Å²) in [6, 6.07) is 30.7. The average Bonchev–Trinajstić information content (AvgIpc) is 3.30.